The van der Waals surface area contributed by atoms with E-state index < -0.39 is 5.97 Å². The largest absolute Gasteiger partial charge is 0.478 e. The summed E-state index contributed by atoms with van der Waals surface area (Å²) < 4.78 is 0. The fraction of sp³-hybridized carbons (Fsp3) is 0.333. The second-order valence-electron chi connectivity index (χ2n) is 3.36. The zero-order chi connectivity index (χ0) is 11.3. The van der Waals surface area contributed by atoms with E-state index in [9.17, 15) is 9.59 Å². The summed E-state index contributed by atoms with van der Waals surface area (Å²) in [6.45, 7) is 1.92. The maximum absolute atomic E-state index is 10.8. The molecule has 15 heavy (non-hydrogen) atoms. The lowest BCUT2D eigenvalue weighted by Crippen LogP contribution is -2.02. The third-order valence-corrected chi connectivity index (χ3v) is 2.33. The number of aryl methyl sites for hydroxylation is 2. The lowest BCUT2D eigenvalue weighted by atomic mass is 10.00. The number of hydrogen-bond donors (Lipinski definition) is 1. The summed E-state index contributed by atoms with van der Waals surface area (Å²) in [5.41, 5.74) is 2.20. The zero-order valence-corrected chi connectivity index (χ0v) is 8.69. The van der Waals surface area contributed by atoms with Gasteiger partial charge in [-0.1, -0.05) is 19.1 Å². The smallest absolute Gasteiger partial charge is 0.335 e. The van der Waals surface area contributed by atoms with Crippen LogP contribution in [0.25, 0.3) is 0 Å². The van der Waals surface area contributed by atoms with Gasteiger partial charge in [-0.3, -0.25) is 0 Å². The minimum absolute atomic E-state index is 0.354. The van der Waals surface area contributed by atoms with Crippen LogP contribution in [-0.2, 0) is 17.6 Å². The van der Waals surface area contributed by atoms with Crippen molar-refractivity contribution in [3.05, 3.63) is 34.9 Å². The summed E-state index contributed by atoms with van der Waals surface area (Å²) in [7, 11) is 0. The average molecular weight is 206 g/mol. The van der Waals surface area contributed by atoms with E-state index >= 15 is 0 Å². The number of carbonyl (C=O) groups is 2. The molecule has 0 amide bonds. The maximum Gasteiger partial charge on any atom is 0.335 e. The highest BCUT2D eigenvalue weighted by Gasteiger charge is 2.08. The molecule has 0 aromatic heterocycles. The first-order chi connectivity index (χ1) is 7.19. The molecular formula is C12H14O3. The summed E-state index contributed by atoms with van der Waals surface area (Å²) in [4.78, 5) is 21.1. The summed E-state index contributed by atoms with van der Waals surface area (Å²) in [5.74, 6) is -0.895. The average Bonchev–Trinajstić information content (AvgIpc) is 2.25. The first kappa shape index (κ1) is 11.4. The highest BCUT2D eigenvalue weighted by Crippen LogP contribution is 2.14. The van der Waals surface area contributed by atoms with Crippen molar-refractivity contribution in [2.75, 3.05) is 0 Å². The van der Waals surface area contributed by atoms with Gasteiger partial charge in [0.15, 0.2) is 0 Å². The lowest BCUT2D eigenvalue weighted by molar-refractivity contribution is -0.107. The lowest BCUT2D eigenvalue weighted by Gasteiger charge is -2.06. The third kappa shape index (κ3) is 2.91. The Morgan fingerprint density at radius 1 is 1.47 bits per heavy atom. The van der Waals surface area contributed by atoms with E-state index in [2.05, 4.69) is 0 Å². The van der Waals surface area contributed by atoms with Crippen molar-refractivity contribution in [2.24, 2.45) is 0 Å². The van der Waals surface area contributed by atoms with Gasteiger partial charge in [0.1, 0.15) is 6.29 Å². The van der Waals surface area contributed by atoms with Crippen LogP contribution >= 0.6 is 0 Å². The van der Waals surface area contributed by atoms with Gasteiger partial charge in [0.2, 0.25) is 0 Å². The third-order valence-electron chi connectivity index (χ3n) is 2.33. The van der Waals surface area contributed by atoms with Crippen LogP contribution in [0.15, 0.2) is 18.2 Å². The number of benzene rings is 1. The van der Waals surface area contributed by atoms with E-state index in [0.29, 0.717) is 24.8 Å². The van der Waals surface area contributed by atoms with Gasteiger partial charge >= 0.3 is 5.97 Å². The molecule has 3 heteroatoms. The molecule has 0 atom stereocenters. The molecule has 1 N–H and O–H groups in total. The molecule has 0 fully saturated rings. The van der Waals surface area contributed by atoms with Crippen LogP contribution in [0.2, 0.25) is 0 Å². The minimum Gasteiger partial charge on any atom is -0.478 e. The molecule has 0 aliphatic carbocycles. The Labute approximate surface area is 88.7 Å². The highest BCUT2D eigenvalue weighted by atomic mass is 16.4. The summed E-state index contributed by atoms with van der Waals surface area (Å²) in [6.07, 6.45) is 2.72. The topological polar surface area (TPSA) is 54.4 Å². The van der Waals surface area contributed by atoms with E-state index in [4.69, 9.17) is 5.11 Å². The summed E-state index contributed by atoms with van der Waals surface area (Å²) in [6, 6.07) is 5.25. The van der Waals surface area contributed by atoms with Crippen LogP contribution in [-0.4, -0.2) is 17.4 Å². The van der Waals surface area contributed by atoms with Crippen LogP contribution in [0, 0.1) is 0 Å². The molecule has 1 aromatic carbocycles. The predicted molar refractivity (Wildman–Crippen MR) is 57.2 cm³/mol. The Morgan fingerprint density at radius 3 is 2.73 bits per heavy atom. The van der Waals surface area contributed by atoms with Crippen molar-refractivity contribution in [1.29, 1.82) is 0 Å². The van der Waals surface area contributed by atoms with Crippen molar-refractivity contribution in [1.82, 2.24) is 0 Å². The second kappa shape index (κ2) is 5.29. The predicted octanol–water partition coefficient (Wildman–Crippen LogP) is 2.08. The van der Waals surface area contributed by atoms with E-state index in [0.717, 1.165) is 17.4 Å². The molecule has 0 heterocycles. The minimum atomic E-state index is -0.895. The van der Waals surface area contributed by atoms with Crippen molar-refractivity contribution < 1.29 is 14.7 Å². The van der Waals surface area contributed by atoms with Crippen molar-refractivity contribution >= 4 is 12.3 Å². The van der Waals surface area contributed by atoms with Crippen molar-refractivity contribution in [2.45, 2.75) is 26.2 Å². The van der Waals surface area contributed by atoms with Gasteiger partial charge in [0.25, 0.3) is 0 Å². The number of carboxylic acids is 1. The number of hydrogen-bond acceptors (Lipinski definition) is 2. The van der Waals surface area contributed by atoms with E-state index in [1.54, 1.807) is 12.1 Å². The first-order valence-electron chi connectivity index (χ1n) is 4.97. The molecule has 1 rings (SSSR count). The molecule has 0 saturated heterocycles. The van der Waals surface area contributed by atoms with Crippen LogP contribution in [0.5, 0.6) is 0 Å². The molecule has 0 saturated carbocycles. The molecular weight excluding hydrogens is 192 g/mol. The standard InChI is InChI=1S/C12H14O3/c1-2-10-8-9(4-3-7-13)5-6-11(10)12(14)15/h5-8H,2-4H2,1H3,(H,14,15). The molecule has 0 spiro atoms. The molecule has 3 nitrogen and oxygen atoms in total. The van der Waals surface area contributed by atoms with Crippen LogP contribution in [0.3, 0.4) is 0 Å². The first-order valence-corrected chi connectivity index (χ1v) is 4.97. The summed E-state index contributed by atoms with van der Waals surface area (Å²) in [5, 5.41) is 8.91. The highest BCUT2D eigenvalue weighted by molar-refractivity contribution is 5.89. The van der Waals surface area contributed by atoms with Gasteiger partial charge in [-0.05, 0) is 30.0 Å². The van der Waals surface area contributed by atoms with Gasteiger partial charge in [0.05, 0.1) is 5.56 Å². The molecule has 80 valence electrons. The Kier molecular flexibility index (Phi) is 4.03. The normalized spacial score (nSPS) is 9.93. The van der Waals surface area contributed by atoms with E-state index in [1.807, 2.05) is 13.0 Å². The number of carbonyl (C=O) groups excluding carboxylic acids is 1. The number of aromatic carboxylic acids is 1. The fourth-order valence-electron chi connectivity index (χ4n) is 1.53. The molecule has 0 aliphatic heterocycles. The van der Waals surface area contributed by atoms with Gasteiger partial charge in [-0.2, -0.15) is 0 Å². The maximum atomic E-state index is 10.8. The number of aldehydes is 1. The monoisotopic (exact) mass is 206 g/mol. The number of rotatable bonds is 5. The Balaban J connectivity index is 2.96. The van der Waals surface area contributed by atoms with Crippen molar-refractivity contribution in [3.8, 4) is 0 Å². The van der Waals surface area contributed by atoms with E-state index in [-0.39, 0.29) is 0 Å². The van der Waals surface area contributed by atoms with Crippen LogP contribution in [0.4, 0.5) is 0 Å². The molecule has 0 aliphatic rings. The zero-order valence-electron chi connectivity index (χ0n) is 8.69. The Bertz CT molecular complexity index is 369. The molecule has 0 radical (unpaired) electrons. The quantitative estimate of drug-likeness (QED) is 0.750. The molecule has 1 aromatic rings. The Morgan fingerprint density at radius 2 is 2.20 bits per heavy atom. The van der Waals surface area contributed by atoms with Gasteiger partial charge in [-0.15, -0.1) is 0 Å². The SMILES string of the molecule is CCc1cc(CCC=O)ccc1C(=O)O. The number of carboxylic acid groups (broad SMARTS) is 1. The second-order valence-corrected chi connectivity index (χ2v) is 3.36. The van der Waals surface area contributed by atoms with Gasteiger partial charge in [0, 0.05) is 6.42 Å². The summed E-state index contributed by atoms with van der Waals surface area (Å²) >= 11 is 0. The molecule has 0 bridgehead atoms. The van der Waals surface area contributed by atoms with E-state index in [1.165, 1.54) is 0 Å². The Hall–Kier alpha value is -1.64. The van der Waals surface area contributed by atoms with Gasteiger partial charge in [-0.25, -0.2) is 4.79 Å². The van der Waals surface area contributed by atoms with Crippen molar-refractivity contribution in [3.63, 3.8) is 0 Å². The van der Waals surface area contributed by atoms with Crippen LogP contribution < -0.4 is 0 Å². The molecule has 0 unspecified atom stereocenters. The fourth-order valence-corrected chi connectivity index (χ4v) is 1.53. The van der Waals surface area contributed by atoms with Crippen LogP contribution in [0.1, 0.15) is 34.8 Å². The van der Waals surface area contributed by atoms with Gasteiger partial charge < -0.3 is 9.90 Å².